The van der Waals surface area contributed by atoms with Gasteiger partial charge in [-0.2, -0.15) is 0 Å². The third-order valence-corrected chi connectivity index (χ3v) is 3.01. The first kappa shape index (κ1) is 9.00. The lowest BCUT2D eigenvalue weighted by molar-refractivity contribution is -0.131. The van der Waals surface area contributed by atoms with Crippen molar-refractivity contribution in [3.63, 3.8) is 0 Å². The molecule has 2 fully saturated rings. The van der Waals surface area contributed by atoms with E-state index >= 15 is 0 Å². The maximum Gasteiger partial charge on any atom is 0.227 e. The van der Waals surface area contributed by atoms with Crippen molar-refractivity contribution in [3.05, 3.63) is 0 Å². The lowest BCUT2D eigenvalue weighted by Gasteiger charge is -2.19. The van der Waals surface area contributed by atoms with Crippen LogP contribution in [-0.2, 0) is 4.79 Å². The van der Waals surface area contributed by atoms with Crippen LogP contribution in [0, 0.1) is 17.8 Å². The summed E-state index contributed by atoms with van der Waals surface area (Å²) in [6, 6.07) is 0. The fraction of sp³-hybridized carbons (Fsp3) is 0.900. The van der Waals surface area contributed by atoms with Crippen molar-refractivity contribution in [1.29, 1.82) is 0 Å². The molecule has 0 aliphatic carbocycles. The first-order valence-electron chi connectivity index (χ1n) is 5.18. The molecular weight excluding hydrogens is 164 g/mol. The molecule has 1 amide bonds. The SMILES string of the molecule is CC(C)CN1C[C@@H]2CNC[C@@H]2C1=O. The van der Waals surface area contributed by atoms with Crippen molar-refractivity contribution in [1.82, 2.24) is 10.2 Å². The van der Waals surface area contributed by atoms with Crippen molar-refractivity contribution in [2.24, 2.45) is 17.8 Å². The summed E-state index contributed by atoms with van der Waals surface area (Å²) in [5, 5.41) is 3.28. The molecular formula is C10H18N2O. The van der Waals surface area contributed by atoms with Crippen LogP contribution in [0.4, 0.5) is 0 Å². The van der Waals surface area contributed by atoms with Gasteiger partial charge in [0, 0.05) is 32.1 Å². The van der Waals surface area contributed by atoms with Gasteiger partial charge in [0.1, 0.15) is 0 Å². The molecule has 2 atom stereocenters. The summed E-state index contributed by atoms with van der Waals surface area (Å²) in [6.45, 7) is 8.18. The third kappa shape index (κ3) is 1.57. The smallest absolute Gasteiger partial charge is 0.227 e. The van der Waals surface area contributed by atoms with Gasteiger partial charge >= 0.3 is 0 Å². The fourth-order valence-electron chi connectivity index (χ4n) is 2.43. The number of carbonyl (C=O) groups is 1. The van der Waals surface area contributed by atoms with Crippen molar-refractivity contribution >= 4 is 5.91 Å². The number of carbonyl (C=O) groups excluding carboxylic acids is 1. The van der Waals surface area contributed by atoms with Crippen molar-refractivity contribution in [2.45, 2.75) is 13.8 Å². The van der Waals surface area contributed by atoms with E-state index in [-0.39, 0.29) is 0 Å². The van der Waals surface area contributed by atoms with Crippen molar-refractivity contribution in [2.75, 3.05) is 26.2 Å². The normalized spacial score (nSPS) is 33.2. The van der Waals surface area contributed by atoms with Gasteiger partial charge in [-0.15, -0.1) is 0 Å². The van der Waals surface area contributed by atoms with E-state index in [1.807, 2.05) is 4.90 Å². The van der Waals surface area contributed by atoms with Gasteiger partial charge in [0.15, 0.2) is 0 Å². The van der Waals surface area contributed by atoms with Crippen LogP contribution in [0.1, 0.15) is 13.8 Å². The largest absolute Gasteiger partial charge is 0.342 e. The number of nitrogens with one attached hydrogen (secondary N) is 1. The van der Waals surface area contributed by atoms with Crippen LogP contribution in [0.15, 0.2) is 0 Å². The molecule has 13 heavy (non-hydrogen) atoms. The predicted molar refractivity (Wildman–Crippen MR) is 51.3 cm³/mol. The van der Waals surface area contributed by atoms with E-state index in [4.69, 9.17) is 0 Å². The molecule has 74 valence electrons. The summed E-state index contributed by atoms with van der Waals surface area (Å²) < 4.78 is 0. The zero-order valence-electron chi connectivity index (χ0n) is 8.42. The van der Waals surface area contributed by atoms with Crippen LogP contribution in [0.3, 0.4) is 0 Å². The number of hydrogen-bond acceptors (Lipinski definition) is 2. The van der Waals surface area contributed by atoms with E-state index in [2.05, 4.69) is 19.2 Å². The molecule has 0 bridgehead atoms. The first-order chi connectivity index (χ1) is 6.18. The van der Waals surface area contributed by atoms with E-state index in [0.29, 0.717) is 23.7 Å². The van der Waals surface area contributed by atoms with Crippen LogP contribution >= 0.6 is 0 Å². The van der Waals surface area contributed by atoms with Gasteiger partial charge in [0.05, 0.1) is 5.92 Å². The van der Waals surface area contributed by atoms with Gasteiger partial charge in [-0.1, -0.05) is 13.8 Å². The average molecular weight is 182 g/mol. The average Bonchev–Trinajstić information content (AvgIpc) is 2.56. The summed E-state index contributed by atoms with van der Waals surface area (Å²) in [5.41, 5.74) is 0. The van der Waals surface area contributed by atoms with Gasteiger partial charge < -0.3 is 10.2 Å². The molecule has 0 aromatic rings. The Bertz CT molecular complexity index is 215. The quantitative estimate of drug-likeness (QED) is 0.667. The van der Waals surface area contributed by atoms with Crippen LogP contribution < -0.4 is 5.32 Å². The van der Waals surface area contributed by atoms with Gasteiger partial charge in [-0.05, 0) is 5.92 Å². The summed E-state index contributed by atoms with van der Waals surface area (Å²) in [7, 11) is 0. The van der Waals surface area contributed by atoms with E-state index in [0.717, 1.165) is 26.2 Å². The topological polar surface area (TPSA) is 32.3 Å². The molecule has 0 spiro atoms. The minimum atomic E-state index is 0.291. The van der Waals surface area contributed by atoms with Crippen LogP contribution in [-0.4, -0.2) is 37.0 Å². The summed E-state index contributed by atoms with van der Waals surface area (Å²) in [4.78, 5) is 13.9. The molecule has 3 heteroatoms. The van der Waals surface area contributed by atoms with E-state index in [1.54, 1.807) is 0 Å². The second-order valence-corrected chi connectivity index (χ2v) is 4.66. The molecule has 2 aliphatic rings. The molecule has 0 radical (unpaired) electrons. The Morgan fingerprint density at radius 3 is 2.92 bits per heavy atom. The van der Waals surface area contributed by atoms with Crippen molar-refractivity contribution < 1.29 is 4.79 Å². The molecule has 0 aromatic carbocycles. The highest BCUT2D eigenvalue weighted by Crippen LogP contribution is 2.27. The Balaban J connectivity index is 1.98. The molecule has 0 aromatic heterocycles. The Labute approximate surface area is 79.5 Å². The Morgan fingerprint density at radius 1 is 1.54 bits per heavy atom. The highest BCUT2D eigenvalue weighted by atomic mass is 16.2. The number of fused-ring (bicyclic) bond motifs is 1. The minimum Gasteiger partial charge on any atom is -0.342 e. The lowest BCUT2D eigenvalue weighted by atomic mass is 10.0. The number of likely N-dealkylation sites (tertiary alicyclic amines) is 1. The summed E-state index contributed by atoms with van der Waals surface area (Å²) >= 11 is 0. The second-order valence-electron chi connectivity index (χ2n) is 4.66. The predicted octanol–water partition coefficient (Wildman–Crippen LogP) is 0.320. The van der Waals surface area contributed by atoms with Crippen LogP contribution in [0.5, 0.6) is 0 Å². The van der Waals surface area contributed by atoms with Crippen LogP contribution in [0.2, 0.25) is 0 Å². The molecule has 1 N–H and O–H groups in total. The lowest BCUT2D eigenvalue weighted by Crippen LogP contribution is -2.33. The Kier molecular flexibility index (Phi) is 2.28. The van der Waals surface area contributed by atoms with Crippen LogP contribution in [0.25, 0.3) is 0 Å². The molecule has 2 heterocycles. The zero-order valence-corrected chi connectivity index (χ0v) is 8.42. The molecule has 3 nitrogen and oxygen atoms in total. The maximum atomic E-state index is 11.8. The zero-order chi connectivity index (χ0) is 9.42. The molecule has 2 rings (SSSR count). The Morgan fingerprint density at radius 2 is 2.31 bits per heavy atom. The van der Waals surface area contributed by atoms with E-state index in [9.17, 15) is 4.79 Å². The van der Waals surface area contributed by atoms with Gasteiger partial charge in [0.2, 0.25) is 5.91 Å². The molecule has 2 aliphatic heterocycles. The number of rotatable bonds is 2. The van der Waals surface area contributed by atoms with Gasteiger partial charge in [-0.25, -0.2) is 0 Å². The number of hydrogen-bond donors (Lipinski definition) is 1. The fourth-order valence-corrected chi connectivity index (χ4v) is 2.43. The maximum absolute atomic E-state index is 11.8. The monoisotopic (exact) mass is 182 g/mol. The number of nitrogens with zero attached hydrogens (tertiary/aromatic N) is 1. The van der Waals surface area contributed by atoms with Crippen molar-refractivity contribution in [3.8, 4) is 0 Å². The third-order valence-electron chi connectivity index (χ3n) is 3.01. The van der Waals surface area contributed by atoms with Gasteiger partial charge in [-0.3, -0.25) is 4.79 Å². The summed E-state index contributed by atoms with van der Waals surface area (Å²) in [5.74, 6) is 1.85. The molecule has 2 saturated heterocycles. The highest BCUT2D eigenvalue weighted by Gasteiger charge is 2.42. The van der Waals surface area contributed by atoms with Gasteiger partial charge in [0.25, 0.3) is 0 Å². The standard InChI is InChI=1S/C10H18N2O/c1-7(2)5-12-6-8-3-11-4-9(8)10(12)13/h7-9,11H,3-6H2,1-2H3/t8-,9-/m0/s1. The first-order valence-corrected chi connectivity index (χ1v) is 5.18. The second kappa shape index (κ2) is 3.29. The van der Waals surface area contributed by atoms with E-state index in [1.165, 1.54) is 0 Å². The number of amides is 1. The minimum absolute atomic E-state index is 0.291. The van der Waals surface area contributed by atoms with E-state index < -0.39 is 0 Å². The highest BCUT2D eigenvalue weighted by molar-refractivity contribution is 5.82. The Hall–Kier alpha value is -0.570. The molecule has 0 unspecified atom stereocenters. The summed E-state index contributed by atoms with van der Waals surface area (Å²) in [6.07, 6.45) is 0. The molecule has 0 saturated carbocycles.